The molecule has 25 heavy (non-hydrogen) atoms. The van der Waals surface area contributed by atoms with E-state index in [0.29, 0.717) is 17.5 Å². The second-order valence-electron chi connectivity index (χ2n) is 5.53. The van der Waals surface area contributed by atoms with Crippen LogP contribution in [0.2, 0.25) is 0 Å². The number of hydrogen-bond donors (Lipinski definition) is 0. The number of thiophene rings is 1. The van der Waals surface area contributed by atoms with Gasteiger partial charge in [0, 0.05) is 19.8 Å². The minimum absolute atomic E-state index is 0.0261. The molecule has 0 saturated carbocycles. The summed E-state index contributed by atoms with van der Waals surface area (Å²) >= 11 is 0.694. The molecule has 1 amide bonds. The standard InChI is InChI=1S/C14H12F3N3O3S2/c1-7-18-6-8(14(15,16)17)11(19-7)9-5-10-12(24-9)13(21)20(2)3-4-25(10,22)23/h5-6H,3-4H2,1-2H3. The Balaban J connectivity index is 2.26. The van der Waals surface area contributed by atoms with Gasteiger partial charge < -0.3 is 4.90 Å². The first-order chi connectivity index (χ1) is 11.5. The van der Waals surface area contributed by atoms with Crippen molar-refractivity contribution in [2.75, 3.05) is 19.3 Å². The van der Waals surface area contributed by atoms with Gasteiger partial charge in [-0.1, -0.05) is 0 Å². The molecule has 1 aliphatic heterocycles. The molecule has 0 bridgehead atoms. The second kappa shape index (κ2) is 5.77. The first-order valence-corrected chi connectivity index (χ1v) is 9.51. The van der Waals surface area contributed by atoms with Crippen molar-refractivity contribution in [3.05, 3.63) is 28.5 Å². The molecule has 0 spiro atoms. The zero-order chi connectivity index (χ0) is 18.6. The van der Waals surface area contributed by atoms with Crippen molar-refractivity contribution >= 4 is 27.1 Å². The molecule has 0 atom stereocenters. The molecule has 6 nitrogen and oxygen atoms in total. The van der Waals surface area contributed by atoms with Gasteiger partial charge in [0.1, 0.15) is 16.3 Å². The molecular weight excluding hydrogens is 379 g/mol. The van der Waals surface area contributed by atoms with Gasteiger partial charge in [-0.05, 0) is 13.0 Å². The van der Waals surface area contributed by atoms with Crippen LogP contribution in [-0.4, -0.2) is 48.5 Å². The summed E-state index contributed by atoms with van der Waals surface area (Å²) in [6.07, 6.45) is -4.05. The lowest BCUT2D eigenvalue weighted by Crippen LogP contribution is -2.27. The number of fused-ring (bicyclic) bond motifs is 1. The Morgan fingerprint density at radius 2 is 2.00 bits per heavy atom. The highest BCUT2D eigenvalue weighted by Crippen LogP contribution is 2.41. The number of aryl methyl sites for hydroxylation is 1. The van der Waals surface area contributed by atoms with E-state index in [1.54, 1.807) is 0 Å². The third kappa shape index (κ3) is 3.13. The molecule has 0 aromatic carbocycles. The molecule has 0 aliphatic carbocycles. The fraction of sp³-hybridized carbons (Fsp3) is 0.357. The van der Waals surface area contributed by atoms with Crippen LogP contribution < -0.4 is 0 Å². The number of alkyl halides is 3. The maximum absolute atomic E-state index is 13.2. The Morgan fingerprint density at radius 1 is 1.32 bits per heavy atom. The summed E-state index contributed by atoms with van der Waals surface area (Å²) < 4.78 is 64.4. The van der Waals surface area contributed by atoms with E-state index in [2.05, 4.69) is 9.97 Å². The molecule has 3 rings (SSSR count). The Kier molecular flexibility index (Phi) is 4.11. The topological polar surface area (TPSA) is 80.2 Å². The van der Waals surface area contributed by atoms with Crippen LogP contribution in [-0.2, 0) is 16.0 Å². The van der Waals surface area contributed by atoms with E-state index < -0.39 is 33.2 Å². The molecular formula is C14H12F3N3O3S2. The lowest BCUT2D eigenvalue weighted by atomic mass is 10.2. The van der Waals surface area contributed by atoms with Gasteiger partial charge >= 0.3 is 6.18 Å². The van der Waals surface area contributed by atoms with Crippen molar-refractivity contribution in [1.82, 2.24) is 14.9 Å². The van der Waals surface area contributed by atoms with E-state index in [0.717, 1.165) is 6.07 Å². The molecule has 11 heteroatoms. The Morgan fingerprint density at radius 3 is 2.64 bits per heavy atom. The largest absolute Gasteiger partial charge is 0.420 e. The zero-order valence-corrected chi connectivity index (χ0v) is 14.7. The van der Waals surface area contributed by atoms with Crippen LogP contribution in [0.1, 0.15) is 21.1 Å². The number of aromatic nitrogens is 2. The van der Waals surface area contributed by atoms with E-state index in [4.69, 9.17) is 0 Å². The summed E-state index contributed by atoms with van der Waals surface area (Å²) in [5, 5.41) is 0. The summed E-state index contributed by atoms with van der Waals surface area (Å²) in [5.74, 6) is -0.711. The summed E-state index contributed by atoms with van der Waals surface area (Å²) in [5.41, 5.74) is -1.50. The maximum atomic E-state index is 13.2. The van der Waals surface area contributed by atoms with Crippen LogP contribution in [0.5, 0.6) is 0 Å². The van der Waals surface area contributed by atoms with Crippen molar-refractivity contribution in [1.29, 1.82) is 0 Å². The normalized spacial score (nSPS) is 17.3. The smallest absolute Gasteiger partial charge is 0.340 e. The average molecular weight is 391 g/mol. The highest BCUT2D eigenvalue weighted by molar-refractivity contribution is 7.91. The summed E-state index contributed by atoms with van der Waals surface area (Å²) in [7, 11) is -2.32. The van der Waals surface area contributed by atoms with Crippen molar-refractivity contribution in [2.45, 2.75) is 18.0 Å². The summed E-state index contributed by atoms with van der Waals surface area (Å²) in [6, 6.07) is 1.10. The van der Waals surface area contributed by atoms with Gasteiger partial charge in [0.15, 0.2) is 9.84 Å². The predicted molar refractivity (Wildman–Crippen MR) is 84.1 cm³/mol. The molecule has 0 unspecified atom stereocenters. The van der Waals surface area contributed by atoms with Crippen LogP contribution in [0.15, 0.2) is 17.2 Å². The summed E-state index contributed by atoms with van der Waals surface area (Å²) in [4.78, 5) is 20.6. The lowest BCUT2D eigenvalue weighted by molar-refractivity contribution is -0.137. The SMILES string of the molecule is Cc1ncc(C(F)(F)F)c(-c2cc3c(s2)C(=O)N(C)CCS3(=O)=O)n1. The molecule has 0 radical (unpaired) electrons. The lowest BCUT2D eigenvalue weighted by Gasteiger charge is -2.12. The molecule has 0 saturated heterocycles. The fourth-order valence-electron chi connectivity index (χ4n) is 2.38. The number of carbonyl (C=O) groups is 1. The molecule has 2 aromatic heterocycles. The highest BCUT2D eigenvalue weighted by Gasteiger charge is 2.38. The van der Waals surface area contributed by atoms with Crippen molar-refractivity contribution in [2.24, 2.45) is 0 Å². The third-order valence-electron chi connectivity index (χ3n) is 3.72. The maximum Gasteiger partial charge on any atom is 0.420 e. The fourth-order valence-corrected chi connectivity index (χ4v) is 5.41. The Labute approximate surface area is 145 Å². The van der Waals surface area contributed by atoms with Gasteiger partial charge in [-0.3, -0.25) is 4.79 Å². The van der Waals surface area contributed by atoms with Crippen molar-refractivity contribution in [3.8, 4) is 10.6 Å². The van der Waals surface area contributed by atoms with Crippen molar-refractivity contribution < 1.29 is 26.4 Å². The third-order valence-corrected chi connectivity index (χ3v) is 6.69. The monoisotopic (exact) mass is 391 g/mol. The van der Waals surface area contributed by atoms with E-state index in [9.17, 15) is 26.4 Å². The van der Waals surface area contributed by atoms with Gasteiger partial charge in [0.25, 0.3) is 5.91 Å². The number of rotatable bonds is 1. The van der Waals surface area contributed by atoms with E-state index >= 15 is 0 Å². The minimum atomic E-state index is -4.70. The van der Waals surface area contributed by atoms with E-state index in [1.807, 2.05) is 0 Å². The van der Waals surface area contributed by atoms with Gasteiger partial charge in [0.05, 0.1) is 21.2 Å². The van der Waals surface area contributed by atoms with Crippen LogP contribution in [0.4, 0.5) is 13.2 Å². The minimum Gasteiger partial charge on any atom is -0.340 e. The van der Waals surface area contributed by atoms with E-state index in [-0.39, 0.29) is 32.8 Å². The first kappa shape index (κ1) is 17.8. The van der Waals surface area contributed by atoms with Gasteiger partial charge in [-0.15, -0.1) is 11.3 Å². The molecule has 2 aromatic rings. The quantitative estimate of drug-likeness (QED) is 0.746. The number of sulfone groups is 1. The summed E-state index contributed by atoms with van der Waals surface area (Å²) in [6.45, 7) is 1.45. The number of carbonyl (C=O) groups excluding carboxylic acids is 1. The molecule has 134 valence electrons. The van der Waals surface area contributed by atoms with E-state index in [1.165, 1.54) is 18.9 Å². The molecule has 3 heterocycles. The van der Waals surface area contributed by atoms with Crippen LogP contribution in [0.3, 0.4) is 0 Å². The van der Waals surface area contributed by atoms with Crippen LogP contribution >= 0.6 is 11.3 Å². The van der Waals surface area contributed by atoms with Crippen molar-refractivity contribution in [3.63, 3.8) is 0 Å². The molecule has 0 N–H and O–H groups in total. The average Bonchev–Trinajstić information content (AvgIpc) is 2.93. The van der Waals surface area contributed by atoms with Gasteiger partial charge in [-0.25, -0.2) is 18.4 Å². The zero-order valence-electron chi connectivity index (χ0n) is 13.1. The first-order valence-electron chi connectivity index (χ1n) is 7.04. The number of nitrogens with zero attached hydrogens (tertiary/aromatic N) is 3. The number of halogens is 3. The van der Waals surface area contributed by atoms with Crippen LogP contribution in [0, 0.1) is 6.92 Å². The molecule has 1 aliphatic rings. The number of amides is 1. The second-order valence-corrected chi connectivity index (χ2v) is 8.66. The number of hydrogen-bond acceptors (Lipinski definition) is 6. The van der Waals surface area contributed by atoms with Crippen LogP contribution in [0.25, 0.3) is 10.6 Å². The molecule has 0 fully saturated rings. The highest BCUT2D eigenvalue weighted by atomic mass is 32.2. The van der Waals surface area contributed by atoms with Gasteiger partial charge in [0.2, 0.25) is 0 Å². The van der Waals surface area contributed by atoms with Gasteiger partial charge in [-0.2, -0.15) is 13.2 Å². The Hall–Kier alpha value is -2.01. The Bertz CT molecular complexity index is 967. The predicted octanol–water partition coefficient (Wildman–Crippen LogP) is 2.39.